The fourth-order valence-electron chi connectivity index (χ4n) is 0. The van der Waals surface area contributed by atoms with Crippen LogP contribution in [0.2, 0.25) is 0 Å². The van der Waals surface area contributed by atoms with E-state index in [1.165, 1.54) is 24.3 Å². The van der Waals surface area contributed by atoms with Gasteiger partial charge in [-0.1, -0.05) is 62.8 Å². The van der Waals surface area contributed by atoms with E-state index in [9.17, 15) is 0 Å². The maximum absolute atomic E-state index is 4.72. The summed E-state index contributed by atoms with van der Waals surface area (Å²) in [4.78, 5) is 0. The Morgan fingerprint density at radius 1 is 0.500 bits per heavy atom. The predicted molar refractivity (Wildman–Crippen MR) is 92.2 cm³/mol. The van der Waals surface area contributed by atoms with Crippen LogP contribution >= 0.6 is 0 Å². The summed E-state index contributed by atoms with van der Waals surface area (Å²) in [6.45, 7) is 34.9. The summed E-state index contributed by atoms with van der Waals surface area (Å²) in [6.07, 6.45) is 5.11. The van der Waals surface area contributed by atoms with Gasteiger partial charge < -0.3 is 50.6 Å². The van der Waals surface area contributed by atoms with Crippen LogP contribution < -0.4 is 0 Å². The van der Waals surface area contributed by atoms with Crippen LogP contribution in [0.5, 0.6) is 0 Å². The van der Waals surface area contributed by atoms with Crippen LogP contribution in [0.15, 0.2) is 24.3 Å². The topological polar surface area (TPSA) is 0 Å². The molecular formula is C17H39FY2-4. The van der Waals surface area contributed by atoms with E-state index in [0.717, 1.165) is 0 Å². The second kappa shape index (κ2) is 282. The molecule has 0 bridgehead atoms. The van der Waals surface area contributed by atoms with Crippen molar-refractivity contribution in [2.45, 2.75) is 62.8 Å². The second-order valence-corrected chi connectivity index (χ2v) is 0.770. The van der Waals surface area contributed by atoms with Crippen molar-refractivity contribution >= 4 is 0 Å². The molecule has 20 heavy (non-hydrogen) atoms. The Morgan fingerprint density at radius 3 is 0.550 bits per heavy atom. The maximum Gasteiger partial charge on any atom is 0 e. The van der Waals surface area contributed by atoms with Crippen LogP contribution in [0.3, 0.4) is 0 Å². The van der Waals surface area contributed by atoms with Crippen LogP contribution in [0, 0.1) is 26.3 Å². The first-order chi connectivity index (χ1) is 7.83. The Balaban J connectivity index is -0.00000000626. The number of hydrogen-bond donors (Lipinski definition) is 0. The summed E-state index contributed by atoms with van der Waals surface area (Å²) in [5.41, 5.74) is 0. The van der Waals surface area contributed by atoms with E-state index < -0.39 is 0 Å². The molecule has 0 saturated heterocycles. The van der Waals surface area contributed by atoms with Crippen LogP contribution in [0.25, 0.3) is 0 Å². The first-order valence-electron chi connectivity index (χ1n) is 6.00. The largest absolute Gasteiger partial charge is 0.394 e. The smallest absolute Gasteiger partial charge is 0 e. The first kappa shape index (κ1) is 69.2. The summed E-state index contributed by atoms with van der Waals surface area (Å²) in [6, 6.07) is 0. The minimum absolute atomic E-state index is 0. The summed E-state index contributed by atoms with van der Waals surface area (Å²) < 4.78 is 0. The number of hydrogen-bond acceptors (Lipinski definition) is 0. The van der Waals surface area contributed by atoms with Gasteiger partial charge in [0, 0.05) is 66.8 Å². The van der Waals surface area contributed by atoms with E-state index in [2.05, 4.69) is 0 Å². The van der Waals surface area contributed by atoms with Crippen molar-refractivity contribution in [2.75, 3.05) is 0 Å². The fraction of sp³-hybridized carbons (Fsp3) is 0.529. The molecule has 0 spiro atoms. The molecule has 0 aliphatic heterocycles. The fourth-order valence-corrected chi connectivity index (χ4v) is 0. The molecule has 0 aliphatic rings. The van der Waals surface area contributed by atoms with Crippen LogP contribution in [0.4, 0.5) is 4.70 Å². The zero-order valence-electron chi connectivity index (χ0n) is 14.2. The molecule has 0 aromatic carbocycles. The molecular weight excluding hydrogens is 401 g/mol. The third-order valence-corrected chi connectivity index (χ3v) is 0.222. The van der Waals surface area contributed by atoms with Gasteiger partial charge in [0.1, 0.15) is 0 Å². The summed E-state index contributed by atoms with van der Waals surface area (Å²) >= 11 is 0. The van der Waals surface area contributed by atoms with Crippen molar-refractivity contribution < 1.29 is 71.5 Å². The van der Waals surface area contributed by atoms with Gasteiger partial charge in [-0.25, -0.2) is 0 Å². The summed E-state index contributed by atoms with van der Waals surface area (Å²) in [5, 5.41) is 0. The molecule has 0 amide bonds. The zero-order valence-corrected chi connectivity index (χ0v) is 19.9. The molecule has 0 unspecified atom stereocenters. The van der Waals surface area contributed by atoms with E-state index in [1.54, 1.807) is 0 Å². The van der Waals surface area contributed by atoms with Crippen molar-refractivity contribution in [3.8, 4) is 0 Å². The third kappa shape index (κ3) is 652. The second-order valence-electron chi connectivity index (χ2n) is 0.770. The van der Waals surface area contributed by atoms with E-state index >= 15 is 0 Å². The molecule has 2 radical (unpaired) electrons. The predicted octanol–water partition coefficient (Wildman–Crippen LogP) is 7.06. The Morgan fingerprint density at radius 2 is 0.550 bits per heavy atom. The number of halogens is 1. The van der Waals surface area contributed by atoms with E-state index in [-0.39, 0.29) is 79.0 Å². The first-order valence-corrected chi connectivity index (χ1v) is 6.00. The Labute approximate surface area is 183 Å². The van der Waals surface area contributed by atoms with Gasteiger partial charge >= 0.3 is 0 Å². The molecule has 0 rings (SSSR count). The molecule has 0 atom stereocenters. The normalized spacial score (nSPS) is 3.20. The van der Waals surface area contributed by atoms with Gasteiger partial charge in [-0.3, -0.25) is 4.70 Å². The minimum atomic E-state index is 0. The van der Waals surface area contributed by atoms with Gasteiger partial charge in [-0.05, 0) is 0 Å². The number of allylic oxidation sites excluding steroid dienone is 4. The van der Waals surface area contributed by atoms with Crippen LogP contribution in [-0.4, -0.2) is 0 Å². The maximum atomic E-state index is 4.72. The van der Waals surface area contributed by atoms with E-state index in [4.69, 9.17) is 26.3 Å². The molecule has 0 aliphatic carbocycles. The van der Waals surface area contributed by atoms with E-state index in [0.29, 0.717) is 0 Å². The molecule has 3 heteroatoms. The minimum Gasteiger partial charge on any atom is -0.394 e. The molecule has 0 nitrogen and oxygen atoms in total. The van der Waals surface area contributed by atoms with Gasteiger partial charge in [-0.2, -0.15) is 0 Å². The Bertz CT molecular complexity index is 74.8. The molecule has 124 valence electrons. The molecule has 0 N–H and O–H groups in total. The van der Waals surface area contributed by atoms with Gasteiger partial charge in [-0.15, -0.1) is 0 Å². The molecule has 0 heterocycles. The molecule has 0 aromatic rings. The molecule has 0 fully saturated rings. The van der Waals surface area contributed by atoms with Crippen molar-refractivity contribution in [3.63, 3.8) is 0 Å². The molecule has 0 saturated carbocycles. The van der Waals surface area contributed by atoms with Crippen molar-refractivity contribution in [1.82, 2.24) is 0 Å². The van der Waals surface area contributed by atoms with Gasteiger partial charge in [0.05, 0.1) is 0 Å². The van der Waals surface area contributed by atoms with Gasteiger partial charge in [0.25, 0.3) is 0 Å². The van der Waals surface area contributed by atoms with E-state index in [1.807, 2.05) is 55.4 Å². The average Bonchev–Trinajstić information content (AvgIpc) is 2.47. The summed E-state index contributed by atoms with van der Waals surface area (Å²) in [5.74, 6) is 0. The van der Waals surface area contributed by atoms with Crippen molar-refractivity contribution in [1.29, 1.82) is 0 Å². The monoisotopic (exact) mass is 441 g/mol. The average molecular weight is 441 g/mol. The number of rotatable bonds is 2. The van der Waals surface area contributed by atoms with Crippen LogP contribution in [0.1, 0.15) is 64.2 Å². The van der Waals surface area contributed by atoms with Crippen molar-refractivity contribution in [2.24, 2.45) is 0 Å². The SMILES string of the molecule is C.CC.CC.CC.CC.F.[2HH].[CH-]=CC=[CH-].[CH-]=CC=[CH-].[Y].[Y]. The van der Waals surface area contributed by atoms with Crippen molar-refractivity contribution in [3.05, 3.63) is 50.6 Å². The molecule has 0 aromatic heterocycles. The summed E-state index contributed by atoms with van der Waals surface area (Å²) in [7, 11) is 0. The van der Waals surface area contributed by atoms with Gasteiger partial charge in [0.15, 0.2) is 0 Å². The quantitative estimate of drug-likeness (QED) is 0.318. The Hall–Kier alpha value is 1.10. The van der Waals surface area contributed by atoms with Crippen LogP contribution in [-0.2, 0) is 65.4 Å². The standard InChI is InChI=1S/2C4H4.4C2H6.CH4.FH.2Y.H2/c2*1-3-4-2;4*1-2;;;;;/h2*1-4H;4*1-2H3;1H4;1H;;;1H/q2*-2;;;;;;;;;/i;;;;;;;;;;1+1. The third-order valence-electron chi connectivity index (χ3n) is 0.222. The zero-order chi connectivity index (χ0) is 14.8. The van der Waals surface area contributed by atoms with Gasteiger partial charge in [0.2, 0.25) is 0 Å². The Kier molecular flexibility index (Phi) is 976.